The molecule has 3 N–H and O–H groups in total. The lowest BCUT2D eigenvalue weighted by Gasteiger charge is -2.38. The number of carbonyl (C=O) groups excluding carboxylic acids is 1. The highest BCUT2D eigenvalue weighted by molar-refractivity contribution is 6.33. The van der Waals surface area contributed by atoms with Gasteiger partial charge in [-0.1, -0.05) is 11.6 Å². The summed E-state index contributed by atoms with van der Waals surface area (Å²) in [4.78, 5) is 15.1. The first kappa shape index (κ1) is 27.0. The Morgan fingerprint density at radius 2 is 2.00 bits per heavy atom. The zero-order valence-electron chi connectivity index (χ0n) is 18.7. The van der Waals surface area contributed by atoms with E-state index in [4.69, 9.17) is 31.5 Å². The molecule has 2 atom stereocenters. The molecule has 10 heteroatoms. The maximum atomic E-state index is 12.9. The predicted molar refractivity (Wildman–Crippen MR) is 129 cm³/mol. The Labute approximate surface area is 204 Å². The lowest BCUT2D eigenvalue weighted by Crippen LogP contribution is -2.55. The zero-order valence-corrected chi connectivity index (χ0v) is 20.3. The van der Waals surface area contributed by atoms with Crippen LogP contribution in [-0.2, 0) is 4.74 Å². The highest BCUT2D eigenvalue weighted by atomic mass is 35.5. The minimum Gasteiger partial charge on any atom is -0.496 e. The largest absolute Gasteiger partial charge is 0.496 e. The quantitative estimate of drug-likeness (QED) is 0.401. The molecule has 1 aliphatic rings. The smallest absolute Gasteiger partial charge is 0.255 e. The van der Waals surface area contributed by atoms with Crippen LogP contribution < -0.4 is 20.5 Å². The molecule has 1 heterocycles. The van der Waals surface area contributed by atoms with E-state index in [0.717, 1.165) is 25.9 Å². The first-order chi connectivity index (χ1) is 15.4. The number of ether oxygens (including phenoxy) is 3. The number of amides is 1. The summed E-state index contributed by atoms with van der Waals surface area (Å²) in [5.74, 6) is 0.463. The van der Waals surface area contributed by atoms with Crippen molar-refractivity contribution in [2.24, 2.45) is 0 Å². The number of likely N-dealkylation sites (tertiary alicyclic amines) is 1. The topological polar surface area (TPSA) is 86.0 Å². The summed E-state index contributed by atoms with van der Waals surface area (Å²) < 4.78 is 29.5. The van der Waals surface area contributed by atoms with Crippen LogP contribution in [0.5, 0.6) is 11.5 Å². The molecule has 2 unspecified atom stereocenters. The summed E-state index contributed by atoms with van der Waals surface area (Å²) in [7, 11) is 3.13. The number of hydrogen-bond donors (Lipinski definition) is 2. The van der Waals surface area contributed by atoms with Gasteiger partial charge in [-0.2, -0.15) is 0 Å². The van der Waals surface area contributed by atoms with Crippen molar-refractivity contribution in [2.45, 2.75) is 25.0 Å². The third-order valence-corrected chi connectivity index (χ3v) is 5.85. The van der Waals surface area contributed by atoms with Crippen molar-refractivity contribution >= 4 is 35.6 Å². The molecular weight excluding hydrogens is 472 g/mol. The van der Waals surface area contributed by atoms with E-state index in [9.17, 15) is 9.18 Å². The monoisotopic (exact) mass is 501 g/mol. The van der Waals surface area contributed by atoms with Gasteiger partial charge in [-0.3, -0.25) is 4.79 Å². The summed E-state index contributed by atoms with van der Waals surface area (Å²) in [6.45, 7) is 2.89. The number of nitrogens with zero attached hydrogens (tertiary/aromatic N) is 1. The van der Waals surface area contributed by atoms with Crippen LogP contribution in [0.25, 0.3) is 0 Å². The lowest BCUT2D eigenvalue weighted by molar-refractivity contribution is 0.00527. The van der Waals surface area contributed by atoms with Gasteiger partial charge >= 0.3 is 0 Å². The van der Waals surface area contributed by atoms with E-state index in [2.05, 4.69) is 10.2 Å². The molecular formula is C23H30Cl2FN3O4. The molecule has 7 nitrogen and oxygen atoms in total. The molecule has 33 heavy (non-hydrogen) atoms. The van der Waals surface area contributed by atoms with Gasteiger partial charge in [-0.05, 0) is 43.2 Å². The highest BCUT2D eigenvalue weighted by Gasteiger charge is 2.31. The number of rotatable bonds is 9. The van der Waals surface area contributed by atoms with Crippen molar-refractivity contribution in [2.75, 3.05) is 46.2 Å². The number of nitrogens with one attached hydrogen (secondary N) is 1. The fraction of sp³-hybridized carbons (Fsp3) is 0.435. The van der Waals surface area contributed by atoms with E-state index in [1.807, 2.05) is 0 Å². The van der Waals surface area contributed by atoms with Crippen molar-refractivity contribution in [1.82, 2.24) is 10.2 Å². The van der Waals surface area contributed by atoms with Gasteiger partial charge in [-0.25, -0.2) is 4.39 Å². The molecule has 1 aliphatic heterocycles. The molecule has 0 radical (unpaired) electrons. The second-order valence-electron chi connectivity index (χ2n) is 7.67. The number of anilines is 1. The van der Waals surface area contributed by atoms with Crippen molar-refractivity contribution in [3.05, 3.63) is 52.8 Å². The van der Waals surface area contributed by atoms with Crippen LogP contribution in [-0.4, -0.2) is 63.4 Å². The lowest BCUT2D eigenvalue weighted by atomic mass is 10.0. The molecule has 3 rings (SSSR count). The minimum absolute atomic E-state index is 0. The highest BCUT2D eigenvalue weighted by Crippen LogP contribution is 2.29. The van der Waals surface area contributed by atoms with Crippen LogP contribution >= 0.6 is 24.0 Å². The van der Waals surface area contributed by atoms with E-state index in [0.29, 0.717) is 40.9 Å². The summed E-state index contributed by atoms with van der Waals surface area (Å²) in [5, 5.41) is 3.35. The number of piperidine rings is 1. The fourth-order valence-electron chi connectivity index (χ4n) is 3.76. The number of nitrogens with two attached hydrogens (primary N) is 1. The molecule has 1 fully saturated rings. The first-order valence-electron chi connectivity index (χ1n) is 10.5. The third-order valence-electron chi connectivity index (χ3n) is 5.53. The predicted octanol–water partition coefficient (Wildman–Crippen LogP) is 3.78. The van der Waals surface area contributed by atoms with Gasteiger partial charge in [0.2, 0.25) is 0 Å². The summed E-state index contributed by atoms with van der Waals surface area (Å²) in [6.07, 6.45) is 1.42. The van der Waals surface area contributed by atoms with E-state index in [1.54, 1.807) is 25.3 Å². The van der Waals surface area contributed by atoms with Crippen LogP contribution in [0.3, 0.4) is 0 Å². The Kier molecular flexibility index (Phi) is 10.5. The van der Waals surface area contributed by atoms with Gasteiger partial charge in [0.05, 0.1) is 42.1 Å². The summed E-state index contributed by atoms with van der Waals surface area (Å²) in [5.41, 5.74) is 6.49. The van der Waals surface area contributed by atoms with Gasteiger partial charge in [0.15, 0.2) is 0 Å². The van der Waals surface area contributed by atoms with Crippen LogP contribution in [0.4, 0.5) is 10.1 Å². The Morgan fingerprint density at radius 3 is 2.67 bits per heavy atom. The molecule has 0 saturated carbocycles. The average Bonchev–Trinajstić information content (AvgIpc) is 2.80. The third kappa shape index (κ3) is 7.37. The Morgan fingerprint density at radius 1 is 1.27 bits per heavy atom. The van der Waals surface area contributed by atoms with E-state index >= 15 is 0 Å². The van der Waals surface area contributed by atoms with Gasteiger partial charge < -0.3 is 30.2 Å². The number of methoxy groups -OCH3 is 2. The Bertz CT molecular complexity index is 917. The van der Waals surface area contributed by atoms with E-state index in [1.165, 1.54) is 25.3 Å². The van der Waals surface area contributed by atoms with Gasteiger partial charge in [0, 0.05) is 32.8 Å². The second kappa shape index (κ2) is 12.8. The van der Waals surface area contributed by atoms with Crippen LogP contribution in [0, 0.1) is 5.82 Å². The maximum absolute atomic E-state index is 12.9. The van der Waals surface area contributed by atoms with Crippen molar-refractivity contribution in [3.63, 3.8) is 0 Å². The maximum Gasteiger partial charge on any atom is 0.255 e. The zero-order chi connectivity index (χ0) is 23.1. The molecule has 0 bridgehead atoms. The van der Waals surface area contributed by atoms with Crippen molar-refractivity contribution in [1.29, 1.82) is 0 Å². The molecule has 1 saturated heterocycles. The van der Waals surface area contributed by atoms with Crippen molar-refractivity contribution < 1.29 is 23.4 Å². The van der Waals surface area contributed by atoms with Gasteiger partial charge in [-0.15, -0.1) is 12.4 Å². The van der Waals surface area contributed by atoms with Crippen LogP contribution in [0.2, 0.25) is 5.02 Å². The van der Waals surface area contributed by atoms with Crippen molar-refractivity contribution in [3.8, 4) is 11.5 Å². The first-order valence-corrected chi connectivity index (χ1v) is 10.9. The molecule has 182 valence electrons. The van der Waals surface area contributed by atoms with Crippen LogP contribution in [0.15, 0.2) is 36.4 Å². The van der Waals surface area contributed by atoms with Crippen LogP contribution in [0.1, 0.15) is 23.2 Å². The Hall–Kier alpha value is -2.26. The number of nitrogen functional groups attached to an aromatic ring is 1. The second-order valence-corrected chi connectivity index (χ2v) is 8.08. The van der Waals surface area contributed by atoms with Gasteiger partial charge in [0.25, 0.3) is 5.91 Å². The number of halogens is 3. The standard InChI is InChI=1S/C23H29ClFN3O4.ClH/c1-30-21-13-19(26)18(24)12-17(21)23(29)27-20-8-10-28(14-22(20)31-2)9-3-11-32-16-6-4-15(25)5-7-16;/h4-7,12-13,20,22H,3,8-11,14,26H2,1-2H3,(H,27,29);1H. The number of hydrogen-bond acceptors (Lipinski definition) is 6. The van der Waals surface area contributed by atoms with Gasteiger partial charge in [0.1, 0.15) is 17.3 Å². The molecule has 1 amide bonds. The summed E-state index contributed by atoms with van der Waals surface area (Å²) in [6, 6.07) is 8.92. The number of benzene rings is 2. The van der Waals surface area contributed by atoms with E-state index < -0.39 is 0 Å². The number of carbonyl (C=O) groups is 1. The molecule has 0 spiro atoms. The van der Waals surface area contributed by atoms with E-state index in [-0.39, 0.29) is 36.3 Å². The normalized spacial score (nSPS) is 18.3. The SMILES string of the molecule is COc1cc(N)c(Cl)cc1C(=O)NC1CCN(CCCOc2ccc(F)cc2)CC1OC.Cl. The molecule has 2 aromatic rings. The minimum atomic E-state index is -0.282. The fourth-order valence-corrected chi connectivity index (χ4v) is 3.92. The molecule has 2 aromatic carbocycles. The Balaban J connectivity index is 0.00000385. The molecule has 0 aromatic heterocycles. The average molecular weight is 502 g/mol. The molecule has 0 aliphatic carbocycles. The summed E-state index contributed by atoms with van der Waals surface area (Å²) >= 11 is 6.09.